The molecule has 20 heavy (non-hydrogen) atoms. The van der Waals surface area contributed by atoms with E-state index >= 15 is 0 Å². The molecule has 3 N–H and O–H groups in total. The molecule has 0 saturated heterocycles. The van der Waals surface area contributed by atoms with Crippen LogP contribution in [0, 0.1) is 0 Å². The Labute approximate surface area is 119 Å². The second-order valence-corrected chi connectivity index (χ2v) is 4.97. The molecule has 0 saturated carbocycles. The monoisotopic (exact) mass is 275 g/mol. The second kappa shape index (κ2) is 6.05. The molecule has 0 aliphatic carbocycles. The number of anilines is 1. The van der Waals surface area contributed by atoms with E-state index in [4.69, 9.17) is 5.73 Å². The van der Waals surface area contributed by atoms with Gasteiger partial charge in [0.1, 0.15) is 6.04 Å². The summed E-state index contributed by atoms with van der Waals surface area (Å²) < 4.78 is 0. The molecule has 5 heteroatoms. The van der Waals surface area contributed by atoms with Crippen molar-refractivity contribution in [3.8, 4) is 0 Å². The molecule has 5 nitrogen and oxygen atoms in total. The number of rotatable bonds is 4. The first-order chi connectivity index (χ1) is 9.60. The van der Waals surface area contributed by atoms with Crippen LogP contribution in [-0.4, -0.2) is 30.4 Å². The van der Waals surface area contributed by atoms with Gasteiger partial charge in [0.15, 0.2) is 0 Å². The van der Waals surface area contributed by atoms with Gasteiger partial charge in [0.25, 0.3) is 0 Å². The van der Waals surface area contributed by atoms with E-state index in [1.54, 1.807) is 4.90 Å². The van der Waals surface area contributed by atoms with Gasteiger partial charge in [-0.15, -0.1) is 0 Å². The fraction of sp³-hybridized carbons (Fsp3) is 0.467. The molecule has 2 amide bonds. The number of para-hydroxylation sites is 1. The summed E-state index contributed by atoms with van der Waals surface area (Å²) in [6.07, 6.45) is 1.10. The van der Waals surface area contributed by atoms with Crippen LogP contribution in [0.15, 0.2) is 24.3 Å². The summed E-state index contributed by atoms with van der Waals surface area (Å²) in [5.74, 6) is -0.311. The molecule has 1 unspecified atom stereocenters. The van der Waals surface area contributed by atoms with Gasteiger partial charge in [0.2, 0.25) is 11.8 Å². The molecule has 0 spiro atoms. The molecule has 0 bridgehead atoms. The summed E-state index contributed by atoms with van der Waals surface area (Å²) >= 11 is 0. The Bertz CT molecular complexity index is 516. The Balaban J connectivity index is 2.35. The van der Waals surface area contributed by atoms with Crippen molar-refractivity contribution in [3.05, 3.63) is 29.8 Å². The molecule has 2 rings (SSSR count). The number of benzene rings is 1. The minimum atomic E-state index is -0.571. The normalized spacial score (nSPS) is 18.6. The van der Waals surface area contributed by atoms with Crippen molar-refractivity contribution in [2.24, 2.45) is 5.73 Å². The molecule has 1 aliphatic rings. The van der Waals surface area contributed by atoms with Crippen LogP contribution in [0.25, 0.3) is 0 Å². The molecule has 0 aromatic heterocycles. The first-order valence-electron chi connectivity index (χ1n) is 7.04. The summed E-state index contributed by atoms with van der Waals surface area (Å²) in [4.78, 5) is 26.2. The number of amides is 2. The zero-order chi connectivity index (χ0) is 14.7. The van der Waals surface area contributed by atoms with E-state index in [-0.39, 0.29) is 11.8 Å². The predicted molar refractivity (Wildman–Crippen MR) is 78.4 cm³/mol. The molecular formula is C15H21N3O2. The number of fused-ring (bicyclic) bond motifs is 1. The standard InChI is InChI=1S/C15H21N3O2/c1-3-11(16)15(20)18-12-8-6-5-7-10(12)9-13(18)14(19)17-4-2/h5-8,11,13H,3-4,9,16H2,1-2H3,(H,17,19)/t11-,13?/m0/s1. The number of carbonyl (C=O) groups is 2. The summed E-state index contributed by atoms with van der Waals surface area (Å²) in [6, 6.07) is 6.55. The second-order valence-electron chi connectivity index (χ2n) is 4.97. The Morgan fingerprint density at radius 2 is 2.10 bits per heavy atom. The molecular weight excluding hydrogens is 254 g/mol. The number of nitrogens with two attached hydrogens (primary N) is 1. The molecule has 2 atom stereocenters. The average Bonchev–Trinajstić information content (AvgIpc) is 2.85. The number of likely N-dealkylation sites (N-methyl/N-ethyl adjacent to an activating group) is 1. The Morgan fingerprint density at radius 3 is 2.75 bits per heavy atom. The van der Waals surface area contributed by atoms with Crippen LogP contribution in [0.5, 0.6) is 0 Å². The lowest BCUT2D eigenvalue weighted by Gasteiger charge is -2.27. The Kier molecular flexibility index (Phi) is 4.39. The van der Waals surface area contributed by atoms with Crippen molar-refractivity contribution in [3.63, 3.8) is 0 Å². The number of carbonyl (C=O) groups excluding carboxylic acids is 2. The molecule has 1 heterocycles. The number of nitrogens with zero attached hydrogens (tertiary/aromatic N) is 1. The lowest BCUT2D eigenvalue weighted by Crippen LogP contribution is -2.52. The van der Waals surface area contributed by atoms with Gasteiger partial charge in [-0.3, -0.25) is 14.5 Å². The number of nitrogens with one attached hydrogen (secondary N) is 1. The van der Waals surface area contributed by atoms with E-state index in [1.807, 2.05) is 38.1 Å². The maximum Gasteiger partial charge on any atom is 0.244 e. The van der Waals surface area contributed by atoms with Crippen molar-refractivity contribution in [2.45, 2.75) is 38.8 Å². The van der Waals surface area contributed by atoms with Crippen LogP contribution in [0.1, 0.15) is 25.8 Å². The SMILES string of the molecule is CCNC(=O)C1Cc2ccccc2N1C(=O)[C@@H](N)CC. The van der Waals surface area contributed by atoms with Gasteiger partial charge >= 0.3 is 0 Å². The third kappa shape index (κ3) is 2.54. The van der Waals surface area contributed by atoms with Gasteiger partial charge in [-0.05, 0) is 25.0 Å². The third-order valence-electron chi connectivity index (χ3n) is 3.62. The highest BCUT2D eigenvalue weighted by Gasteiger charge is 2.39. The maximum absolute atomic E-state index is 12.5. The molecule has 1 aromatic rings. The van der Waals surface area contributed by atoms with Crippen molar-refractivity contribution >= 4 is 17.5 Å². The van der Waals surface area contributed by atoms with Crippen molar-refractivity contribution < 1.29 is 9.59 Å². The van der Waals surface area contributed by atoms with E-state index < -0.39 is 12.1 Å². The average molecular weight is 275 g/mol. The van der Waals surface area contributed by atoms with Crippen LogP contribution in [-0.2, 0) is 16.0 Å². The highest BCUT2D eigenvalue weighted by Crippen LogP contribution is 2.32. The van der Waals surface area contributed by atoms with Gasteiger partial charge in [0, 0.05) is 18.7 Å². The van der Waals surface area contributed by atoms with E-state index in [2.05, 4.69) is 5.32 Å². The molecule has 0 radical (unpaired) electrons. The van der Waals surface area contributed by atoms with Crippen LogP contribution < -0.4 is 16.0 Å². The van der Waals surface area contributed by atoms with E-state index in [0.717, 1.165) is 11.3 Å². The lowest BCUT2D eigenvalue weighted by molar-refractivity contribution is -0.126. The highest BCUT2D eigenvalue weighted by molar-refractivity contribution is 6.05. The fourth-order valence-electron chi connectivity index (χ4n) is 2.51. The third-order valence-corrected chi connectivity index (χ3v) is 3.62. The number of hydrogen-bond acceptors (Lipinski definition) is 3. The van der Waals surface area contributed by atoms with Crippen LogP contribution in [0.3, 0.4) is 0 Å². The van der Waals surface area contributed by atoms with Crippen molar-refractivity contribution in [1.82, 2.24) is 5.32 Å². The van der Waals surface area contributed by atoms with E-state index in [9.17, 15) is 9.59 Å². The first kappa shape index (κ1) is 14.5. The van der Waals surface area contributed by atoms with Crippen LogP contribution in [0.4, 0.5) is 5.69 Å². The van der Waals surface area contributed by atoms with E-state index in [0.29, 0.717) is 19.4 Å². The van der Waals surface area contributed by atoms with Gasteiger partial charge < -0.3 is 11.1 Å². The van der Waals surface area contributed by atoms with Gasteiger partial charge in [0.05, 0.1) is 6.04 Å². The number of hydrogen-bond donors (Lipinski definition) is 2. The topological polar surface area (TPSA) is 75.4 Å². The van der Waals surface area contributed by atoms with Crippen molar-refractivity contribution in [1.29, 1.82) is 0 Å². The highest BCUT2D eigenvalue weighted by atomic mass is 16.2. The van der Waals surface area contributed by atoms with E-state index in [1.165, 1.54) is 0 Å². The zero-order valence-corrected chi connectivity index (χ0v) is 11.9. The Hall–Kier alpha value is -1.88. The fourth-order valence-corrected chi connectivity index (χ4v) is 2.51. The minimum Gasteiger partial charge on any atom is -0.355 e. The minimum absolute atomic E-state index is 0.125. The Morgan fingerprint density at radius 1 is 1.40 bits per heavy atom. The summed E-state index contributed by atoms with van der Waals surface area (Å²) in [6.45, 7) is 4.28. The summed E-state index contributed by atoms with van der Waals surface area (Å²) in [5.41, 5.74) is 7.68. The molecule has 1 aromatic carbocycles. The predicted octanol–water partition coefficient (Wildman–Crippen LogP) is 0.818. The zero-order valence-electron chi connectivity index (χ0n) is 11.9. The van der Waals surface area contributed by atoms with Gasteiger partial charge in [-0.1, -0.05) is 25.1 Å². The van der Waals surface area contributed by atoms with Crippen LogP contribution in [0.2, 0.25) is 0 Å². The summed E-state index contributed by atoms with van der Waals surface area (Å²) in [7, 11) is 0. The summed E-state index contributed by atoms with van der Waals surface area (Å²) in [5, 5.41) is 2.79. The first-order valence-corrected chi connectivity index (χ1v) is 7.04. The molecule has 1 aliphatic heterocycles. The van der Waals surface area contributed by atoms with Gasteiger partial charge in [-0.2, -0.15) is 0 Å². The largest absolute Gasteiger partial charge is 0.355 e. The van der Waals surface area contributed by atoms with Gasteiger partial charge in [-0.25, -0.2) is 0 Å². The quantitative estimate of drug-likeness (QED) is 0.854. The van der Waals surface area contributed by atoms with Crippen molar-refractivity contribution in [2.75, 3.05) is 11.4 Å². The lowest BCUT2D eigenvalue weighted by atomic mass is 10.1. The maximum atomic E-state index is 12.5. The molecule has 0 fully saturated rings. The van der Waals surface area contributed by atoms with Crippen LogP contribution >= 0.6 is 0 Å². The smallest absolute Gasteiger partial charge is 0.244 e. The molecule has 108 valence electrons.